The number of anilines is 1. The Labute approximate surface area is 179 Å². The van der Waals surface area contributed by atoms with Crippen molar-refractivity contribution in [1.29, 1.82) is 0 Å². The highest BCUT2D eigenvalue weighted by molar-refractivity contribution is 5.94. The molecule has 0 saturated heterocycles. The Hall–Kier alpha value is -3.93. The van der Waals surface area contributed by atoms with Crippen molar-refractivity contribution in [2.45, 2.75) is 26.8 Å². The summed E-state index contributed by atoms with van der Waals surface area (Å²) in [5.74, 6) is -0.999. The van der Waals surface area contributed by atoms with Gasteiger partial charge in [-0.05, 0) is 44.5 Å². The average molecular weight is 413 g/mol. The molecule has 1 unspecified atom stereocenters. The predicted molar refractivity (Wildman–Crippen MR) is 122 cm³/mol. The maximum atomic E-state index is 13.2. The van der Waals surface area contributed by atoms with Crippen molar-refractivity contribution in [3.63, 3.8) is 0 Å². The molecule has 0 radical (unpaired) electrons. The number of carboxylic acid groups (broad SMARTS) is 1. The molecule has 4 aromatic rings. The molecule has 0 aliphatic rings. The molecule has 0 bridgehead atoms. The van der Waals surface area contributed by atoms with Crippen molar-refractivity contribution in [2.24, 2.45) is 0 Å². The van der Waals surface area contributed by atoms with E-state index < -0.39 is 5.97 Å². The van der Waals surface area contributed by atoms with E-state index in [0.29, 0.717) is 22.6 Å². The minimum Gasteiger partial charge on any atom is -0.478 e. The second kappa shape index (κ2) is 8.07. The van der Waals surface area contributed by atoms with Crippen LogP contribution in [0.15, 0.2) is 71.7 Å². The molecule has 6 heteroatoms. The highest BCUT2D eigenvalue weighted by atomic mass is 16.4. The van der Waals surface area contributed by atoms with Crippen molar-refractivity contribution in [3.05, 3.63) is 99.5 Å². The zero-order chi connectivity index (χ0) is 22.1. The minimum atomic E-state index is -0.999. The van der Waals surface area contributed by atoms with Crippen LogP contribution < -0.4 is 10.9 Å². The van der Waals surface area contributed by atoms with Crippen LogP contribution in [-0.2, 0) is 0 Å². The average Bonchev–Trinajstić information content (AvgIpc) is 2.77. The van der Waals surface area contributed by atoms with Gasteiger partial charge in [0.05, 0.1) is 17.3 Å². The van der Waals surface area contributed by atoms with E-state index in [1.54, 1.807) is 41.8 Å². The molecule has 2 aromatic heterocycles. The molecule has 156 valence electrons. The molecule has 0 fully saturated rings. The van der Waals surface area contributed by atoms with E-state index in [1.807, 2.05) is 50.2 Å². The Morgan fingerprint density at radius 3 is 2.45 bits per heavy atom. The van der Waals surface area contributed by atoms with Crippen LogP contribution >= 0.6 is 0 Å². The first-order valence-electron chi connectivity index (χ1n) is 10.0. The first-order valence-corrected chi connectivity index (χ1v) is 10.0. The van der Waals surface area contributed by atoms with Gasteiger partial charge in [0.2, 0.25) is 0 Å². The highest BCUT2D eigenvalue weighted by Gasteiger charge is 2.18. The molecule has 0 spiro atoms. The number of pyridine rings is 1. The van der Waals surface area contributed by atoms with Gasteiger partial charge >= 0.3 is 5.97 Å². The third-order valence-corrected chi connectivity index (χ3v) is 5.36. The number of aromatic carboxylic acids is 1. The first kappa shape index (κ1) is 20.3. The van der Waals surface area contributed by atoms with Gasteiger partial charge in [-0.15, -0.1) is 0 Å². The SMILES string of the molecule is Cc1cc(C(C)Nc2ccccc2C(=O)O)c2nc(-c3ccccc3)c(C)c(=O)n2c1. The fourth-order valence-corrected chi connectivity index (χ4v) is 3.80. The van der Waals surface area contributed by atoms with Gasteiger partial charge < -0.3 is 10.4 Å². The van der Waals surface area contributed by atoms with Crippen LogP contribution in [0.2, 0.25) is 0 Å². The van der Waals surface area contributed by atoms with Gasteiger partial charge in [0.15, 0.2) is 0 Å². The summed E-state index contributed by atoms with van der Waals surface area (Å²) >= 11 is 0. The molecule has 4 rings (SSSR count). The molecular weight excluding hydrogens is 390 g/mol. The van der Waals surface area contributed by atoms with E-state index in [4.69, 9.17) is 4.98 Å². The predicted octanol–water partition coefficient (Wildman–Crippen LogP) is 4.85. The number of nitrogens with zero attached hydrogens (tertiary/aromatic N) is 2. The summed E-state index contributed by atoms with van der Waals surface area (Å²) in [6.45, 7) is 5.65. The van der Waals surface area contributed by atoms with E-state index in [9.17, 15) is 14.7 Å². The Balaban J connectivity index is 1.89. The fraction of sp³-hybridized carbons (Fsp3) is 0.160. The zero-order valence-electron chi connectivity index (χ0n) is 17.6. The number of hydrogen-bond acceptors (Lipinski definition) is 4. The lowest BCUT2D eigenvalue weighted by Crippen LogP contribution is -2.22. The lowest BCUT2D eigenvalue weighted by atomic mass is 10.0. The van der Waals surface area contributed by atoms with Gasteiger partial charge in [-0.1, -0.05) is 42.5 Å². The number of carboxylic acids is 1. The Morgan fingerprint density at radius 2 is 1.74 bits per heavy atom. The third kappa shape index (κ3) is 3.80. The summed E-state index contributed by atoms with van der Waals surface area (Å²) in [6, 6.07) is 18.1. The molecule has 0 aliphatic heterocycles. The summed E-state index contributed by atoms with van der Waals surface area (Å²) in [5.41, 5.74) is 4.97. The molecule has 0 amide bonds. The Bertz CT molecular complexity index is 1340. The summed E-state index contributed by atoms with van der Waals surface area (Å²) in [5, 5.41) is 12.8. The maximum Gasteiger partial charge on any atom is 0.337 e. The van der Waals surface area contributed by atoms with Crippen LogP contribution in [-0.4, -0.2) is 20.5 Å². The fourth-order valence-electron chi connectivity index (χ4n) is 3.80. The number of fused-ring (bicyclic) bond motifs is 1. The standard InChI is InChI=1S/C25H23N3O3/c1-15-13-20(17(3)26-21-12-8-7-11-19(21)25(30)31)23-27-22(18-9-5-4-6-10-18)16(2)24(29)28(23)14-15/h4-14,17,26H,1-3H3,(H,30,31). The van der Waals surface area contributed by atoms with Gasteiger partial charge in [0.25, 0.3) is 5.56 Å². The second-order valence-electron chi connectivity index (χ2n) is 7.64. The zero-order valence-corrected chi connectivity index (χ0v) is 17.6. The van der Waals surface area contributed by atoms with Crippen LogP contribution in [0.4, 0.5) is 5.69 Å². The van der Waals surface area contributed by atoms with Gasteiger partial charge in [0, 0.05) is 28.6 Å². The summed E-state index contributed by atoms with van der Waals surface area (Å²) < 4.78 is 1.58. The van der Waals surface area contributed by atoms with E-state index in [2.05, 4.69) is 5.32 Å². The number of carbonyl (C=O) groups is 1. The Kier molecular flexibility index (Phi) is 5.29. The van der Waals surface area contributed by atoms with E-state index in [0.717, 1.165) is 16.7 Å². The molecule has 6 nitrogen and oxygen atoms in total. The van der Waals surface area contributed by atoms with Crippen molar-refractivity contribution in [3.8, 4) is 11.3 Å². The summed E-state index contributed by atoms with van der Waals surface area (Å²) in [4.78, 5) is 29.6. The minimum absolute atomic E-state index is 0.119. The van der Waals surface area contributed by atoms with Crippen molar-refractivity contribution >= 4 is 17.3 Å². The van der Waals surface area contributed by atoms with Crippen molar-refractivity contribution in [1.82, 2.24) is 9.38 Å². The lowest BCUT2D eigenvalue weighted by Gasteiger charge is -2.20. The molecule has 31 heavy (non-hydrogen) atoms. The highest BCUT2D eigenvalue weighted by Crippen LogP contribution is 2.27. The molecule has 2 aromatic carbocycles. The van der Waals surface area contributed by atoms with Crippen LogP contribution in [0.1, 0.15) is 40.0 Å². The smallest absolute Gasteiger partial charge is 0.337 e. The van der Waals surface area contributed by atoms with Gasteiger partial charge in [0.1, 0.15) is 5.65 Å². The summed E-state index contributed by atoms with van der Waals surface area (Å²) in [6.07, 6.45) is 1.79. The van der Waals surface area contributed by atoms with Gasteiger partial charge in [-0.3, -0.25) is 9.20 Å². The van der Waals surface area contributed by atoms with Gasteiger partial charge in [-0.25, -0.2) is 9.78 Å². The molecule has 2 N–H and O–H groups in total. The number of rotatable bonds is 5. The van der Waals surface area contributed by atoms with Crippen LogP contribution in [0.5, 0.6) is 0 Å². The molecular formula is C25H23N3O3. The quantitative estimate of drug-likeness (QED) is 0.489. The van der Waals surface area contributed by atoms with Crippen molar-refractivity contribution in [2.75, 3.05) is 5.32 Å². The number of aromatic nitrogens is 2. The molecule has 0 saturated carbocycles. The monoisotopic (exact) mass is 413 g/mol. The Morgan fingerprint density at radius 1 is 1.06 bits per heavy atom. The number of hydrogen-bond donors (Lipinski definition) is 2. The van der Waals surface area contributed by atoms with Crippen LogP contribution in [0.3, 0.4) is 0 Å². The van der Waals surface area contributed by atoms with E-state index in [-0.39, 0.29) is 17.2 Å². The van der Waals surface area contributed by atoms with E-state index in [1.165, 1.54) is 0 Å². The topological polar surface area (TPSA) is 83.7 Å². The maximum absolute atomic E-state index is 13.2. The number of nitrogens with one attached hydrogen (secondary N) is 1. The third-order valence-electron chi connectivity index (χ3n) is 5.36. The molecule has 2 heterocycles. The van der Waals surface area contributed by atoms with Crippen LogP contribution in [0, 0.1) is 13.8 Å². The number of aryl methyl sites for hydroxylation is 1. The summed E-state index contributed by atoms with van der Waals surface area (Å²) in [7, 11) is 0. The van der Waals surface area contributed by atoms with E-state index >= 15 is 0 Å². The second-order valence-corrected chi connectivity index (χ2v) is 7.64. The number of para-hydroxylation sites is 1. The number of benzene rings is 2. The normalized spacial score (nSPS) is 12.0. The lowest BCUT2D eigenvalue weighted by molar-refractivity contribution is 0.0698. The molecule has 0 aliphatic carbocycles. The van der Waals surface area contributed by atoms with Gasteiger partial charge in [-0.2, -0.15) is 0 Å². The van der Waals surface area contributed by atoms with Crippen LogP contribution in [0.25, 0.3) is 16.9 Å². The molecule has 1 atom stereocenters. The van der Waals surface area contributed by atoms with Crippen molar-refractivity contribution < 1.29 is 9.90 Å². The first-order chi connectivity index (χ1) is 14.9. The largest absolute Gasteiger partial charge is 0.478 e.